The molecule has 0 aliphatic heterocycles. The summed E-state index contributed by atoms with van der Waals surface area (Å²) in [6, 6.07) is 50.5. The Morgan fingerprint density at radius 3 is 1.83 bits per heavy atom. The number of rotatable bonds is 3. The monoisotopic (exact) mass is 687 g/mol. The van der Waals surface area contributed by atoms with Gasteiger partial charge in [0.25, 0.3) is 0 Å². The van der Waals surface area contributed by atoms with Crippen LogP contribution in [0.3, 0.4) is 0 Å². The summed E-state index contributed by atoms with van der Waals surface area (Å²) in [4.78, 5) is 0. The maximum Gasteiger partial charge on any atom is 0.123 e. The van der Waals surface area contributed by atoms with Gasteiger partial charge in [-0.3, -0.25) is 0 Å². The highest BCUT2D eigenvalue weighted by Crippen LogP contribution is 2.47. The SMILES string of the molecule is Fc1ccc(-n2c3cc(-c4ccc5c6c7c(ccc46)C=CCC7=CC5)cc4ccc5cc(-c6ccc7ccc8cccc9ccc6c7c89)cc2c5c43)cc1. The Hall–Kier alpha value is -6.77. The van der Waals surface area contributed by atoms with E-state index in [2.05, 4.69) is 138 Å². The van der Waals surface area contributed by atoms with Crippen LogP contribution < -0.4 is 0 Å². The summed E-state index contributed by atoms with van der Waals surface area (Å²) in [6.07, 6.45) is 8.95. The van der Waals surface area contributed by atoms with E-state index in [9.17, 15) is 4.39 Å². The molecule has 2 aliphatic carbocycles. The van der Waals surface area contributed by atoms with Crippen LogP contribution in [0.1, 0.15) is 23.1 Å². The zero-order valence-corrected chi connectivity index (χ0v) is 29.3. The van der Waals surface area contributed by atoms with Crippen LogP contribution in [-0.4, -0.2) is 4.57 Å². The molecule has 250 valence electrons. The molecule has 13 rings (SSSR count). The molecule has 0 spiro atoms. The Balaban J connectivity index is 1.11. The van der Waals surface area contributed by atoms with Gasteiger partial charge in [-0.15, -0.1) is 0 Å². The summed E-state index contributed by atoms with van der Waals surface area (Å²) in [7, 11) is 0. The summed E-state index contributed by atoms with van der Waals surface area (Å²) in [5.74, 6) is -0.235. The first kappa shape index (κ1) is 28.8. The Bertz CT molecular complexity index is 3470. The zero-order valence-electron chi connectivity index (χ0n) is 29.3. The first-order valence-electron chi connectivity index (χ1n) is 18.9. The summed E-state index contributed by atoms with van der Waals surface area (Å²) in [6.45, 7) is 0. The van der Waals surface area contributed by atoms with Crippen molar-refractivity contribution in [3.05, 3.63) is 174 Å². The molecule has 1 nitrogen and oxygen atoms in total. The molecule has 1 heterocycles. The highest BCUT2D eigenvalue weighted by molar-refractivity contribution is 6.28. The standard InChI is InChI=1S/C52H30FN/c53-39-17-19-40(20-18-39)54-45-27-37(41-21-13-33-9-7-29-3-1-5-31-15-23-43(41)49(33)47(29)31)25-35-11-12-36-26-38(28-46(54)52(36)51(35)45)42-22-14-34-10-8-30-4-2-6-32-16-24-44(42)50(34)48(30)32/h1-3,5-9,11-28H,4,10H2. The molecule has 2 heteroatoms. The number of benzene rings is 10. The Morgan fingerprint density at radius 1 is 0.481 bits per heavy atom. The minimum Gasteiger partial charge on any atom is -0.309 e. The second kappa shape index (κ2) is 10.2. The fourth-order valence-electron chi connectivity index (χ4n) is 10.2. The molecule has 0 amide bonds. The predicted octanol–water partition coefficient (Wildman–Crippen LogP) is 14.3. The topological polar surface area (TPSA) is 4.93 Å². The Labute approximate surface area is 310 Å². The molecule has 0 fully saturated rings. The van der Waals surface area contributed by atoms with Gasteiger partial charge in [0, 0.05) is 16.5 Å². The summed E-state index contributed by atoms with van der Waals surface area (Å²) in [5.41, 5.74) is 13.6. The molecule has 0 N–H and O–H groups in total. The first-order chi connectivity index (χ1) is 26.7. The van der Waals surface area contributed by atoms with Crippen molar-refractivity contribution >= 4 is 87.3 Å². The highest BCUT2D eigenvalue weighted by Gasteiger charge is 2.24. The van der Waals surface area contributed by atoms with Crippen molar-refractivity contribution in [2.75, 3.05) is 0 Å². The smallest absolute Gasteiger partial charge is 0.123 e. The van der Waals surface area contributed by atoms with Gasteiger partial charge in [0.05, 0.1) is 11.0 Å². The number of allylic oxidation sites excluding steroid dienone is 3. The van der Waals surface area contributed by atoms with E-state index >= 15 is 0 Å². The van der Waals surface area contributed by atoms with Gasteiger partial charge >= 0.3 is 0 Å². The first-order valence-corrected chi connectivity index (χ1v) is 18.9. The average molecular weight is 688 g/mol. The van der Waals surface area contributed by atoms with Crippen molar-refractivity contribution in [3.8, 4) is 27.9 Å². The van der Waals surface area contributed by atoms with E-state index in [1.807, 2.05) is 12.1 Å². The van der Waals surface area contributed by atoms with E-state index in [1.54, 1.807) is 12.1 Å². The van der Waals surface area contributed by atoms with Gasteiger partial charge in [-0.05, 0) is 160 Å². The van der Waals surface area contributed by atoms with Gasteiger partial charge < -0.3 is 4.57 Å². The van der Waals surface area contributed by atoms with Crippen LogP contribution in [0.25, 0.3) is 115 Å². The van der Waals surface area contributed by atoms with E-state index < -0.39 is 0 Å². The minimum atomic E-state index is -0.235. The average Bonchev–Trinajstić information content (AvgIpc) is 3.55. The molecular formula is C52H30FN. The molecule has 0 atom stereocenters. The molecule has 2 aliphatic rings. The number of hydrogen-bond donors (Lipinski definition) is 0. The van der Waals surface area contributed by atoms with Crippen LogP contribution in [0.15, 0.2) is 152 Å². The van der Waals surface area contributed by atoms with Gasteiger partial charge in [-0.25, -0.2) is 4.39 Å². The molecular weight excluding hydrogens is 658 g/mol. The maximum atomic E-state index is 14.5. The lowest BCUT2D eigenvalue weighted by Crippen LogP contribution is -2.03. The lowest BCUT2D eigenvalue weighted by molar-refractivity contribution is 0.627. The molecule has 54 heavy (non-hydrogen) atoms. The van der Waals surface area contributed by atoms with Crippen LogP contribution in [-0.2, 0) is 6.42 Å². The second-order valence-corrected chi connectivity index (χ2v) is 15.3. The lowest BCUT2D eigenvalue weighted by Gasteiger charge is -2.24. The quantitative estimate of drug-likeness (QED) is 0.163. The second-order valence-electron chi connectivity index (χ2n) is 15.3. The van der Waals surface area contributed by atoms with Crippen LogP contribution >= 0.6 is 0 Å². The van der Waals surface area contributed by atoms with Gasteiger partial charge in [0.2, 0.25) is 0 Å². The van der Waals surface area contributed by atoms with Crippen LogP contribution in [0.2, 0.25) is 0 Å². The fourth-order valence-corrected chi connectivity index (χ4v) is 10.2. The van der Waals surface area contributed by atoms with Crippen molar-refractivity contribution in [1.29, 1.82) is 0 Å². The predicted molar refractivity (Wildman–Crippen MR) is 227 cm³/mol. The van der Waals surface area contributed by atoms with Crippen molar-refractivity contribution in [3.63, 3.8) is 0 Å². The third-order valence-electron chi connectivity index (χ3n) is 12.5. The van der Waals surface area contributed by atoms with Crippen LogP contribution in [0.4, 0.5) is 4.39 Å². The van der Waals surface area contributed by atoms with Crippen LogP contribution in [0.5, 0.6) is 0 Å². The largest absolute Gasteiger partial charge is 0.309 e. The third-order valence-corrected chi connectivity index (χ3v) is 12.5. The number of nitrogens with zero attached hydrogens (tertiary/aromatic N) is 1. The van der Waals surface area contributed by atoms with Crippen molar-refractivity contribution < 1.29 is 4.39 Å². The number of hydrogen-bond acceptors (Lipinski definition) is 0. The maximum absolute atomic E-state index is 14.5. The van der Waals surface area contributed by atoms with Crippen molar-refractivity contribution in [2.24, 2.45) is 0 Å². The summed E-state index contributed by atoms with van der Waals surface area (Å²) < 4.78 is 16.9. The van der Waals surface area contributed by atoms with Gasteiger partial charge in [-0.2, -0.15) is 0 Å². The Morgan fingerprint density at radius 2 is 1.09 bits per heavy atom. The third kappa shape index (κ3) is 3.72. The molecule has 11 aromatic rings. The van der Waals surface area contributed by atoms with Crippen molar-refractivity contribution in [1.82, 2.24) is 4.57 Å². The highest BCUT2D eigenvalue weighted by atomic mass is 19.1. The Kier molecular flexibility index (Phi) is 5.44. The number of aromatic nitrogens is 1. The number of halogens is 1. The van der Waals surface area contributed by atoms with E-state index in [0.717, 1.165) is 29.6 Å². The summed E-state index contributed by atoms with van der Waals surface area (Å²) in [5, 5.41) is 15.3. The van der Waals surface area contributed by atoms with Gasteiger partial charge in [0.1, 0.15) is 5.82 Å². The lowest BCUT2D eigenvalue weighted by atomic mass is 9.80. The van der Waals surface area contributed by atoms with Crippen molar-refractivity contribution in [2.45, 2.75) is 12.8 Å². The molecule has 0 saturated heterocycles. The molecule has 0 bridgehead atoms. The normalized spacial score (nSPS) is 13.9. The van der Waals surface area contributed by atoms with E-state index in [1.165, 1.54) is 109 Å². The summed E-state index contributed by atoms with van der Waals surface area (Å²) >= 11 is 0. The van der Waals surface area contributed by atoms with Gasteiger partial charge in [-0.1, -0.05) is 109 Å². The minimum absolute atomic E-state index is 0.235. The molecule has 0 unspecified atom stereocenters. The molecule has 0 radical (unpaired) electrons. The van der Waals surface area contributed by atoms with Crippen LogP contribution in [0, 0.1) is 5.82 Å². The van der Waals surface area contributed by atoms with Gasteiger partial charge in [0.15, 0.2) is 0 Å². The van der Waals surface area contributed by atoms with E-state index in [0.29, 0.717) is 0 Å². The molecule has 1 aromatic heterocycles. The zero-order chi connectivity index (χ0) is 35.2. The van der Waals surface area contributed by atoms with E-state index in [-0.39, 0.29) is 5.82 Å². The molecule has 0 saturated carbocycles. The molecule has 10 aromatic carbocycles. The van der Waals surface area contributed by atoms with E-state index in [4.69, 9.17) is 0 Å². The fraction of sp³-hybridized carbons (Fsp3) is 0.0385.